The molecule has 0 aliphatic rings. The lowest BCUT2D eigenvalue weighted by atomic mass is 10.2. The number of furan rings is 1. The fourth-order valence-electron chi connectivity index (χ4n) is 0.902. The van der Waals surface area contributed by atoms with E-state index in [1.54, 1.807) is 18.9 Å². The maximum atomic E-state index is 4.95. The summed E-state index contributed by atoms with van der Waals surface area (Å²) in [5.74, 6) is 0. The normalized spacial score (nSPS) is 10.1. The summed E-state index contributed by atoms with van der Waals surface area (Å²) in [7, 11) is 0. The predicted molar refractivity (Wildman–Crippen MR) is 52.5 cm³/mol. The molecule has 0 aromatic carbocycles. The van der Waals surface area contributed by atoms with Gasteiger partial charge >= 0.3 is 0 Å². The van der Waals surface area contributed by atoms with Gasteiger partial charge in [0, 0.05) is 5.56 Å². The van der Waals surface area contributed by atoms with Crippen LogP contribution in [0.4, 0.5) is 0 Å². The second-order valence-corrected chi connectivity index (χ2v) is 3.34. The van der Waals surface area contributed by atoms with Gasteiger partial charge in [-0.05, 0) is 34.7 Å². The van der Waals surface area contributed by atoms with E-state index in [0.717, 1.165) is 15.0 Å². The second kappa shape index (κ2) is 3.22. The van der Waals surface area contributed by atoms with E-state index in [1.807, 2.05) is 12.1 Å². The van der Waals surface area contributed by atoms with Gasteiger partial charge < -0.3 is 4.42 Å². The average Bonchev–Trinajstić information content (AvgIpc) is 2.56. The van der Waals surface area contributed by atoms with E-state index in [2.05, 4.69) is 32.6 Å². The van der Waals surface area contributed by atoms with Gasteiger partial charge in [0.05, 0.1) is 18.2 Å². The van der Waals surface area contributed by atoms with Gasteiger partial charge in [-0.15, -0.1) is 0 Å². The van der Waals surface area contributed by atoms with Crippen molar-refractivity contribution in [3.63, 3.8) is 0 Å². The van der Waals surface area contributed by atoms with Crippen LogP contribution in [0.5, 0.6) is 0 Å². The topological polar surface area (TPSA) is 38.9 Å². The first kappa shape index (κ1) is 7.72. The molecule has 2 heterocycles. The van der Waals surface area contributed by atoms with E-state index in [0.29, 0.717) is 0 Å². The molecule has 0 aliphatic carbocycles. The Balaban J connectivity index is 2.48. The van der Waals surface area contributed by atoms with Crippen LogP contribution in [-0.4, -0.2) is 9.97 Å². The Hall–Kier alpha value is -0.910. The largest absolute Gasteiger partial charge is 0.472 e. The minimum absolute atomic E-state index is 0.892. The fourth-order valence-corrected chi connectivity index (χ4v) is 1.32. The number of aromatic nitrogens is 2. The SMILES string of the molecule is Ic1cc(-c2ccoc2)ncn1. The summed E-state index contributed by atoms with van der Waals surface area (Å²) in [6.07, 6.45) is 4.84. The molecule has 0 saturated carbocycles. The summed E-state index contributed by atoms with van der Waals surface area (Å²) in [4.78, 5) is 8.10. The van der Waals surface area contributed by atoms with Gasteiger partial charge in [0.25, 0.3) is 0 Å². The van der Waals surface area contributed by atoms with Gasteiger partial charge in [0.2, 0.25) is 0 Å². The first-order valence-electron chi connectivity index (χ1n) is 3.36. The van der Waals surface area contributed by atoms with Crippen molar-refractivity contribution < 1.29 is 4.42 Å². The molecule has 0 saturated heterocycles. The molecule has 2 rings (SSSR count). The molecule has 0 atom stereocenters. The molecule has 3 nitrogen and oxygen atoms in total. The van der Waals surface area contributed by atoms with Gasteiger partial charge in [0.1, 0.15) is 10.0 Å². The van der Waals surface area contributed by atoms with Gasteiger partial charge in [-0.1, -0.05) is 0 Å². The Bertz CT molecular complexity index is 372. The Morgan fingerprint density at radius 3 is 2.92 bits per heavy atom. The quantitative estimate of drug-likeness (QED) is 0.590. The predicted octanol–water partition coefficient (Wildman–Crippen LogP) is 2.34. The van der Waals surface area contributed by atoms with Crippen molar-refractivity contribution in [2.45, 2.75) is 0 Å². The smallest absolute Gasteiger partial charge is 0.117 e. The molecule has 0 aliphatic heterocycles. The number of hydrogen-bond acceptors (Lipinski definition) is 3. The monoisotopic (exact) mass is 272 g/mol. The highest BCUT2D eigenvalue weighted by molar-refractivity contribution is 14.1. The van der Waals surface area contributed by atoms with Crippen LogP contribution in [0.15, 0.2) is 35.4 Å². The molecular weight excluding hydrogens is 267 g/mol. The number of hydrogen-bond donors (Lipinski definition) is 0. The first-order chi connectivity index (χ1) is 5.86. The zero-order valence-corrected chi connectivity index (χ0v) is 8.22. The van der Waals surface area contributed by atoms with Crippen LogP contribution in [0.25, 0.3) is 11.3 Å². The van der Waals surface area contributed by atoms with E-state index < -0.39 is 0 Å². The number of halogens is 1. The van der Waals surface area contributed by atoms with Crippen LogP contribution >= 0.6 is 22.6 Å². The van der Waals surface area contributed by atoms with Gasteiger partial charge in [-0.25, -0.2) is 9.97 Å². The van der Waals surface area contributed by atoms with Crippen molar-refractivity contribution in [3.8, 4) is 11.3 Å². The standard InChI is InChI=1S/C8H5IN2O/c9-8-3-7(10-5-11-8)6-1-2-12-4-6/h1-5H. The highest BCUT2D eigenvalue weighted by Crippen LogP contribution is 2.17. The minimum Gasteiger partial charge on any atom is -0.472 e. The van der Waals surface area contributed by atoms with Crippen LogP contribution in [-0.2, 0) is 0 Å². The fraction of sp³-hybridized carbons (Fsp3) is 0. The molecule has 2 aromatic rings. The molecule has 60 valence electrons. The summed E-state index contributed by atoms with van der Waals surface area (Å²) >= 11 is 2.15. The summed E-state index contributed by atoms with van der Waals surface area (Å²) in [5.41, 5.74) is 1.87. The van der Waals surface area contributed by atoms with E-state index >= 15 is 0 Å². The Labute approximate surface area is 83.0 Å². The average molecular weight is 272 g/mol. The van der Waals surface area contributed by atoms with Crippen LogP contribution < -0.4 is 0 Å². The molecule has 2 aromatic heterocycles. The van der Waals surface area contributed by atoms with E-state index in [9.17, 15) is 0 Å². The van der Waals surface area contributed by atoms with Crippen LogP contribution in [0.1, 0.15) is 0 Å². The Kier molecular flexibility index (Phi) is 2.07. The highest BCUT2D eigenvalue weighted by Gasteiger charge is 2.00. The number of rotatable bonds is 1. The molecule has 0 spiro atoms. The zero-order chi connectivity index (χ0) is 8.39. The van der Waals surface area contributed by atoms with Gasteiger partial charge in [0.15, 0.2) is 0 Å². The van der Waals surface area contributed by atoms with Gasteiger partial charge in [-0.2, -0.15) is 0 Å². The van der Waals surface area contributed by atoms with Crippen molar-refractivity contribution in [2.24, 2.45) is 0 Å². The van der Waals surface area contributed by atoms with Crippen molar-refractivity contribution >= 4 is 22.6 Å². The van der Waals surface area contributed by atoms with Crippen molar-refractivity contribution in [3.05, 3.63) is 34.7 Å². The Morgan fingerprint density at radius 1 is 1.33 bits per heavy atom. The molecule has 0 N–H and O–H groups in total. The molecule has 0 unspecified atom stereocenters. The molecule has 0 bridgehead atoms. The van der Waals surface area contributed by atoms with E-state index in [-0.39, 0.29) is 0 Å². The maximum absolute atomic E-state index is 4.95. The summed E-state index contributed by atoms with van der Waals surface area (Å²) in [5, 5.41) is 0. The minimum atomic E-state index is 0.892. The third-order valence-corrected chi connectivity index (χ3v) is 2.04. The molecular formula is C8H5IN2O. The first-order valence-corrected chi connectivity index (χ1v) is 4.44. The molecule has 0 radical (unpaired) electrons. The molecule has 0 fully saturated rings. The zero-order valence-electron chi connectivity index (χ0n) is 6.07. The lowest BCUT2D eigenvalue weighted by Crippen LogP contribution is -1.85. The van der Waals surface area contributed by atoms with Crippen molar-refractivity contribution in [2.75, 3.05) is 0 Å². The van der Waals surface area contributed by atoms with Crippen molar-refractivity contribution in [1.29, 1.82) is 0 Å². The summed E-state index contributed by atoms with van der Waals surface area (Å²) < 4.78 is 5.88. The molecule has 12 heavy (non-hydrogen) atoms. The number of nitrogens with zero attached hydrogens (tertiary/aromatic N) is 2. The van der Waals surface area contributed by atoms with Crippen LogP contribution in [0.3, 0.4) is 0 Å². The molecule has 0 amide bonds. The van der Waals surface area contributed by atoms with Gasteiger partial charge in [-0.3, -0.25) is 0 Å². The van der Waals surface area contributed by atoms with E-state index in [1.165, 1.54) is 0 Å². The summed E-state index contributed by atoms with van der Waals surface area (Å²) in [6.45, 7) is 0. The Morgan fingerprint density at radius 2 is 2.25 bits per heavy atom. The third-order valence-electron chi connectivity index (χ3n) is 1.45. The van der Waals surface area contributed by atoms with Crippen LogP contribution in [0, 0.1) is 3.70 Å². The molecule has 4 heteroatoms. The lowest BCUT2D eigenvalue weighted by molar-refractivity contribution is 0.568. The van der Waals surface area contributed by atoms with Crippen molar-refractivity contribution in [1.82, 2.24) is 9.97 Å². The highest BCUT2D eigenvalue weighted by atomic mass is 127. The summed E-state index contributed by atoms with van der Waals surface area (Å²) in [6, 6.07) is 3.78. The maximum Gasteiger partial charge on any atom is 0.117 e. The lowest BCUT2D eigenvalue weighted by Gasteiger charge is -1.94. The van der Waals surface area contributed by atoms with E-state index in [4.69, 9.17) is 4.42 Å². The second-order valence-electron chi connectivity index (χ2n) is 2.24. The van der Waals surface area contributed by atoms with Crippen LogP contribution in [0.2, 0.25) is 0 Å². The third kappa shape index (κ3) is 1.47.